The molecular weight excluding hydrogens is 366 g/mol. The van der Waals surface area contributed by atoms with Gasteiger partial charge in [-0.2, -0.15) is 0 Å². The topological polar surface area (TPSA) is 87.4 Å². The largest absolute Gasteiger partial charge is 0.497 e. The maximum Gasteiger partial charge on any atom is 0.269 e. The Balaban J connectivity index is 1.69. The first-order chi connectivity index (χ1) is 13.1. The predicted octanol–water partition coefficient (Wildman–Crippen LogP) is 4.36. The summed E-state index contributed by atoms with van der Waals surface area (Å²) in [4.78, 5) is 10.3. The van der Waals surface area contributed by atoms with Crippen LogP contribution in [-0.4, -0.2) is 29.3 Å². The highest BCUT2D eigenvalue weighted by Gasteiger charge is 2.10. The van der Waals surface area contributed by atoms with Gasteiger partial charge in [0.1, 0.15) is 16.5 Å². The monoisotopic (exact) mass is 383 g/mol. The fourth-order valence-corrected chi connectivity index (χ4v) is 3.19. The van der Waals surface area contributed by atoms with Crippen LogP contribution in [0.1, 0.15) is 5.56 Å². The number of nitro groups is 1. The molecule has 0 N–H and O–H groups in total. The maximum absolute atomic E-state index is 10.7. The van der Waals surface area contributed by atoms with Gasteiger partial charge < -0.3 is 9.47 Å². The quantitative estimate of drug-likeness (QED) is 0.340. The van der Waals surface area contributed by atoms with Crippen LogP contribution in [0.2, 0.25) is 0 Å². The molecule has 0 spiro atoms. The Morgan fingerprint density at radius 1 is 1.00 bits per heavy atom. The van der Waals surface area contributed by atoms with Crippen LogP contribution < -0.4 is 9.47 Å². The van der Waals surface area contributed by atoms with Crippen LogP contribution in [0.3, 0.4) is 0 Å². The molecule has 1 aromatic heterocycles. The Kier molecular flexibility index (Phi) is 5.87. The standard InChI is InChI=1S/C19H17N3O4S/c1-25-15-7-8-16(18(11-15)26-2)17-9-10-19(21-20-17)27-12-13-3-5-14(6-4-13)22(23)24/h3-11H,12H2,1-2H3. The summed E-state index contributed by atoms with van der Waals surface area (Å²) < 4.78 is 10.6. The molecule has 0 radical (unpaired) electrons. The molecule has 0 fully saturated rings. The number of rotatable bonds is 7. The van der Waals surface area contributed by atoms with Gasteiger partial charge in [0, 0.05) is 29.5 Å². The second-order valence-corrected chi connectivity index (χ2v) is 6.53. The summed E-state index contributed by atoms with van der Waals surface area (Å²) in [5.41, 5.74) is 2.60. The van der Waals surface area contributed by atoms with Crippen molar-refractivity contribution in [2.45, 2.75) is 10.8 Å². The first kappa shape index (κ1) is 18.7. The molecule has 3 rings (SSSR count). The van der Waals surface area contributed by atoms with E-state index >= 15 is 0 Å². The van der Waals surface area contributed by atoms with Crippen molar-refractivity contribution >= 4 is 17.4 Å². The number of aromatic nitrogens is 2. The molecule has 2 aromatic carbocycles. The molecule has 1 heterocycles. The molecule has 0 unspecified atom stereocenters. The average Bonchev–Trinajstić information content (AvgIpc) is 2.72. The number of thioether (sulfide) groups is 1. The third kappa shape index (κ3) is 4.53. The smallest absolute Gasteiger partial charge is 0.269 e. The lowest BCUT2D eigenvalue weighted by molar-refractivity contribution is -0.384. The number of hydrogen-bond donors (Lipinski definition) is 0. The Labute approximate surface area is 160 Å². The first-order valence-corrected chi connectivity index (χ1v) is 9.01. The van der Waals surface area contributed by atoms with Gasteiger partial charge >= 0.3 is 0 Å². The highest BCUT2D eigenvalue weighted by Crippen LogP contribution is 2.32. The van der Waals surface area contributed by atoms with Crippen LogP contribution in [0.5, 0.6) is 11.5 Å². The van der Waals surface area contributed by atoms with Crippen molar-refractivity contribution in [2.75, 3.05) is 14.2 Å². The zero-order valence-electron chi connectivity index (χ0n) is 14.8. The van der Waals surface area contributed by atoms with Crippen LogP contribution in [0, 0.1) is 10.1 Å². The molecule has 0 aliphatic heterocycles. The molecule has 7 nitrogen and oxygen atoms in total. The zero-order chi connectivity index (χ0) is 19.2. The van der Waals surface area contributed by atoms with Crippen LogP contribution >= 0.6 is 11.8 Å². The van der Waals surface area contributed by atoms with Crippen molar-refractivity contribution in [3.8, 4) is 22.8 Å². The lowest BCUT2D eigenvalue weighted by atomic mass is 10.1. The summed E-state index contributed by atoms with van der Waals surface area (Å²) in [6.07, 6.45) is 0. The summed E-state index contributed by atoms with van der Waals surface area (Å²) >= 11 is 1.51. The van der Waals surface area contributed by atoms with E-state index in [1.165, 1.54) is 23.9 Å². The number of methoxy groups -OCH3 is 2. The molecule has 0 saturated heterocycles. The van der Waals surface area contributed by atoms with Crippen LogP contribution in [-0.2, 0) is 5.75 Å². The van der Waals surface area contributed by atoms with Gasteiger partial charge in [-0.05, 0) is 29.8 Å². The molecule has 0 amide bonds. The van der Waals surface area contributed by atoms with Crippen molar-refractivity contribution in [1.82, 2.24) is 10.2 Å². The molecule has 0 aliphatic carbocycles. The highest BCUT2D eigenvalue weighted by atomic mass is 32.2. The normalized spacial score (nSPS) is 10.4. The molecule has 0 atom stereocenters. The van der Waals surface area contributed by atoms with Gasteiger partial charge in [0.05, 0.1) is 24.8 Å². The minimum atomic E-state index is -0.408. The minimum absolute atomic E-state index is 0.0846. The number of non-ortho nitro benzene ring substituents is 1. The summed E-state index contributed by atoms with van der Waals surface area (Å²) in [5, 5.41) is 20.0. The van der Waals surface area contributed by atoms with Crippen molar-refractivity contribution < 1.29 is 14.4 Å². The number of nitrogens with zero attached hydrogens (tertiary/aromatic N) is 3. The number of nitro benzene ring substituents is 1. The molecule has 0 aliphatic rings. The third-order valence-corrected chi connectivity index (χ3v) is 4.85. The van der Waals surface area contributed by atoms with E-state index in [-0.39, 0.29) is 5.69 Å². The van der Waals surface area contributed by atoms with E-state index in [1.807, 2.05) is 24.3 Å². The van der Waals surface area contributed by atoms with Gasteiger partial charge in [-0.25, -0.2) is 0 Å². The second-order valence-electron chi connectivity index (χ2n) is 5.54. The SMILES string of the molecule is COc1ccc(-c2ccc(SCc3ccc([N+](=O)[O-])cc3)nn2)c(OC)c1. The van der Waals surface area contributed by atoms with Crippen molar-refractivity contribution in [1.29, 1.82) is 0 Å². The predicted molar refractivity (Wildman–Crippen MR) is 103 cm³/mol. The van der Waals surface area contributed by atoms with Crippen LogP contribution in [0.25, 0.3) is 11.3 Å². The van der Waals surface area contributed by atoms with E-state index in [1.54, 1.807) is 32.4 Å². The number of ether oxygens (including phenoxy) is 2. The lowest BCUT2D eigenvalue weighted by Crippen LogP contribution is -1.94. The van der Waals surface area contributed by atoms with E-state index in [2.05, 4.69) is 10.2 Å². The Bertz CT molecular complexity index is 931. The van der Waals surface area contributed by atoms with Gasteiger partial charge in [0.2, 0.25) is 0 Å². The van der Waals surface area contributed by atoms with E-state index in [0.717, 1.165) is 16.2 Å². The molecule has 138 valence electrons. The van der Waals surface area contributed by atoms with E-state index in [4.69, 9.17) is 9.47 Å². The summed E-state index contributed by atoms with van der Waals surface area (Å²) in [6.45, 7) is 0. The highest BCUT2D eigenvalue weighted by molar-refractivity contribution is 7.98. The molecule has 0 bridgehead atoms. The van der Waals surface area contributed by atoms with Gasteiger partial charge in [0.25, 0.3) is 5.69 Å². The Hall–Kier alpha value is -3.13. The van der Waals surface area contributed by atoms with Gasteiger partial charge in [-0.15, -0.1) is 10.2 Å². The first-order valence-electron chi connectivity index (χ1n) is 8.03. The fraction of sp³-hybridized carbons (Fsp3) is 0.158. The van der Waals surface area contributed by atoms with Crippen molar-refractivity contribution in [3.63, 3.8) is 0 Å². The van der Waals surface area contributed by atoms with Gasteiger partial charge in [0.15, 0.2) is 0 Å². The Morgan fingerprint density at radius 2 is 1.78 bits per heavy atom. The Morgan fingerprint density at radius 3 is 2.37 bits per heavy atom. The average molecular weight is 383 g/mol. The summed E-state index contributed by atoms with van der Waals surface area (Å²) in [6, 6.07) is 15.8. The summed E-state index contributed by atoms with van der Waals surface area (Å²) in [5.74, 6) is 2.02. The molecular formula is C19H17N3O4S. The van der Waals surface area contributed by atoms with Crippen LogP contribution in [0.4, 0.5) is 5.69 Å². The molecule has 3 aromatic rings. The molecule has 8 heteroatoms. The lowest BCUT2D eigenvalue weighted by Gasteiger charge is -2.09. The van der Waals surface area contributed by atoms with Gasteiger partial charge in [-0.3, -0.25) is 10.1 Å². The van der Waals surface area contributed by atoms with Crippen LogP contribution in [0.15, 0.2) is 59.6 Å². The van der Waals surface area contributed by atoms with Crippen molar-refractivity contribution in [3.05, 3.63) is 70.3 Å². The van der Waals surface area contributed by atoms with Gasteiger partial charge in [-0.1, -0.05) is 23.9 Å². The molecule has 0 saturated carbocycles. The molecule has 27 heavy (non-hydrogen) atoms. The maximum atomic E-state index is 10.7. The van der Waals surface area contributed by atoms with E-state index in [0.29, 0.717) is 22.9 Å². The third-order valence-electron chi connectivity index (χ3n) is 3.86. The van der Waals surface area contributed by atoms with E-state index < -0.39 is 4.92 Å². The fourth-order valence-electron chi connectivity index (χ4n) is 2.42. The minimum Gasteiger partial charge on any atom is -0.497 e. The summed E-state index contributed by atoms with van der Waals surface area (Å²) in [7, 11) is 3.20. The number of hydrogen-bond acceptors (Lipinski definition) is 7. The van der Waals surface area contributed by atoms with Crippen molar-refractivity contribution in [2.24, 2.45) is 0 Å². The van der Waals surface area contributed by atoms with E-state index in [9.17, 15) is 10.1 Å². The zero-order valence-corrected chi connectivity index (χ0v) is 15.6. The second kappa shape index (κ2) is 8.50. The number of benzene rings is 2.